The molecular weight excluding hydrogens is 406 g/mol. The van der Waals surface area contributed by atoms with Gasteiger partial charge in [0.05, 0.1) is 17.5 Å². The number of benzene rings is 2. The number of rotatable bonds is 10. The van der Waals surface area contributed by atoms with E-state index in [1.807, 2.05) is 0 Å². The van der Waals surface area contributed by atoms with E-state index in [1.54, 1.807) is 54.6 Å². The number of nitrogens with one attached hydrogen (secondary N) is 2. The summed E-state index contributed by atoms with van der Waals surface area (Å²) in [6.45, 7) is 3.87. The van der Waals surface area contributed by atoms with E-state index >= 15 is 0 Å². The van der Waals surface area contributed by atoms with Gasteiger partial charge in [-0.2, -0.15) is 0 Å². The molecule has 30 heavy (non-hydrogen) atoms. The van der Waals surface area contributed by atoms with Crippen molar-refractivity contribution in [3.63, 3.8) is 0 Å². The zero-order valence-corrected chi connectivity index (χ0v) is 17.7. The standard InChI is InChI=1S/C21H25N3O5S/c1-4-13-22-21(26)18-7-5-6-8-19(18)23-20(25)15-29-17-11-9-16(10-12-17)14-24(2)30(3,27)28/h4-12H,1,13-15H2,2-3H3,(H,22,26)(H,23,25). The molecular formula is C21H25N3O5S. The van der Waals surface area contributed by atoms with Crippen molar-refractivity contribution < 1.29 is 22.7 Å². The molecule has 160 valence electrons. The van der Waals surface area contributed by atoms with Gasteiger partial charge in [0.25, 0.3) is 11.8 Å². The minimum Gasteiger partial charge on any atom is -0.484 e. The van der Waals surface area contributed by atoms with Crippen molar-refractivity contribution in [3.8, 4) is 5.75 Å². The third-order valence-electron chi connectivity index (χ3n) is 4.12. The highest BCUT2D eigenvalue weighted by Crippen LogP contribution is 2.16. The van der Waals surface area contributed by atoms with Gasteiger partial charge in [-0.15, -0.1) is 6.58 Å². The van der Waals surface area contributed by atoms with Crippen molar-refractivity contribution >= 4 is 27.5 Å². The minimum absolute atomic E-state index is 0.240. The van der Waals surface area contributed by atoms with Gasteiger partial charge in [-0.3, -0.25) is 9.59 Å². The highest BCUT2D eigenvalue weighted by Gasteiger charge is 2.13. The van der Waals surface area contributed by atoms with E-state index < -0.39 is 15.9 Å². The first-order valence-electron chi connectivity index (χ1n) is 9.11. The highest BCUT2D eigenvalue weighted by atomic mass is 32.2. The Hall–Kier alpha value is -3.17. The molecule has 2 amide bonds. The van der Waals surface area contributed by atoms with Gasteiger partial charge < -0.3 is 15.4 Å². The van der Waals surface area contributed by atoms with E-state index in [1.165, 1.54) is 11.4 Å². The average molecular weight is 432 g/mol. The molecule has 0 aliphatic rings. The number of hydrogen-bond donors (Lipinski definition) is 2. The summed E-state index contributed by atoms with van der Waals surface area (Å²) < 4.78 is 29.7. The average Bonchev–Trinajstić information content (AvgIpc) is 2.71. The van der Waals surface area contributed by atoms with Crippen LogP contribution in [-0.4, -0.2) is 51.0 Å². The number of carbonyl (C=O) groups is 2. The summed E-state index contributed by atoms with van der Waals surface area (Å²) in [5, 5.41) is 5.34. The molecule has 0 saturated carbocycles. The number of carbonyl (C=O) groups excluding carboxylic acids is 2. The number of amides is 2. The molecule has 0 bridgehead atoms. The Morgan fingerprint density at radius 1 is 1.13 bits per heavy atom. The summed E-state index contributed by atoms with van der Waals surface area (Å²) in [5.74, 6) is -0.269. The maximum atomic E-state index is 12.2. The largest absolute Gasteiger partial charge is 0.484 e. The van der Waals surface area contributed by atoms with Crippen molar-refractivity contribution in [1.82, 2.24) is 9.62 Å². The Bertz CT molecular complexity index is 1000. The van der Waals surface area contributed by atoms with Crippen LogP contribution < -0.4 is 15.4 Å². The fraction of sp³-hybridized carbons (Fsp3) is 0.238. The first kappa shape index (κ1) is 23.1. The zero-order chi connectivity index (χ0) is 22.1. The number of anilines is 1. The van der Waals surface area contributed by atoms with Crippen LogP contribution in [0.5, 0.6) is 5.75 Å². The normalized spacial score (nSPS) is 11.0. The minimum atomic E-state index is -3.26. The zero-order valence-electron chi connectivity index (χ0n) is 16.9. The summed E-state index contributed by atoms with van der Waals surface area (Å²) in [6.07, 6.45) is 2.71. The second-order valence-corrected chi connectivity index (χ2v) is 8.63. The van der Waals surface area contributed by atoms with Crippen LogP contribution >= 0.6 is 0 Å². The lowest BCUT2D eigenvalue weighted by Gasteiger charge is -2.14. The molecule has 2 N–H and O–H groups in total. The Balaban J connectivity index is 1.92. The SMILES string of the molecule is C=CCNC(=O)c1ccccc1NC(=O)COc1ccc(CN(C)S(C)(=O)=O)cc1. The van der Waals surface area contributed by atoms with Crippen molar-refractivity contribution in [1.29, 1.82) is 0 Å². The summed E-state index contributed by atoms with van der Waals surface area (Å²) in [6, 6.07) is 13.5. The number of para-hydroxylation sites is 1. The molecule has 8 nitrogen and oxygen atoms in total. The molecule has 0 fully saturated rings. The fourth-order valence-corrected chi connectivity index (χ4v) is 2.83. The second kappa shape index (κ2) is 10.6. The molecule has 0 aromatic heterocycles. The Morgan fingerprint density at radius 2 is 1.80 bits per heavy atom. The first-order chi connectivity index (χ1) is 14.2. The smallest absolute Gasteiger partial charge is 0.262 e. The lowest BCUT2D eigenvalue weighted by molar-refractivity contribution is -0.118. The lowest BCUT2D eigenvalue weighted by Crippen LogP contribution is -2.26. The van der Waals surface area contributed by atoms with Gasteiger partial charge in [0.15, 0.2) is 6.61 Å². The lowest BCUT2D eigenvalue weighted by atomic mass is 10.1. The highest BCUT2D eigenvalue weighted by molar-refractivity contribution is 7.88. The van der Waals surface area contributed by atoms with Crippen LogP contribution in [0.15, 0.2) is 61.2 Å². The van der Waals surface area contributed by atoms with Gasteiger partial charge in [-0.25, -0.2) is 12.7 Å². The molecule has 0 atom stereocenters. The predicted molar refractivity (Wildman–Crippen MR) is 116 cm³/mol. The van der Waals surface area contributed by atoms with Crippen LogP contribution in [-0.2, 0) is 21.4 Å². The van der Waals surface area contributed by atoms with Gasteiger partial charge in [0.2, 0.25) is 10.0 Å². The van der Waals surface area contributed by atoms with Gasteiger partial charge in [-0.1, -0.05) is 30.3 Å². The van der Waals surface area contributed by atoms with E-state index in [-0.39, 0.29) is 19.1 Å². The second-order valence-electron chi connectivity index (χ2n) is 6.54. The summed E-state index contributed by atoms with van der Waals surface area (Å²) in [7, 11) is -1.76. The molecule has 0 spiro atoms. The monoisotopic (exact) mass is 431 g/mol. The molecule has 0 aliphatic carbocycles. The van der Waals surface area contributed by atoms with Crippen LogP contribution in [0.3, 0.4) is 0 Å². The van der Waals surface area contributed by atoms with Crippen molar-refractivity contribution in [2.75, 3.05) is 31.8 Å². The summed E-state index contributed by atoms with van der Waals surface area (Å²) in [5.41, 5.74) is 1.51. The molecule has 0 aliphatic heterocycles. The molecule has 0 saturated heterocycles. The van der Waals surface area contributed by atoms with Crippen LogP contribution in [0.2, 0.25) is 0 Å². The molecule has 9 heteroatoms. The third kappa shape index (κ3) is 7.02. The van der Waals surface area contributed by atoms with Crippen LogP contribution in [0.25, 0.3) is 0 Å². The molecule has 2 rings (SSSR count). The fourth-order valence-electron chi connectivity index (χ4n) is 2.45. The van der Waals surface area contributed by atoms with E-state index in [0.29, 0.717) is 23.5 Å². The molecule has 0 unspecified atom stereocenters. The van der Waals surface area contributed by atoms with Crippen molar-refractivity contribution in [2.45, 2.75) is 6.54 Å². The van der Waals surface area contributed by atoms with E-state index in [0.717, 1.165) is 11.8 Å². The van der Waals surface area contributed by atoms with Crippen LogP contribution in [0.4, 0.5) is 5.69 Å². The van der Waals surface area contributed by atoms with Crippen molar-refractivity contribution in [3.05, 3.63) is 72.3 Å². The van der Waals surface area contributed by atoms with E-state index in [9.17, 15) is 18.0 Å². The summed E-state index contributed by atoms with van der Waals surface area (Å²) >= 11 is 0. The van der Waals surface area contributed by atoms with Crippen LogP contribution in [0.1, 0.15) is 15.9 Å². The number of sulfonamides is 1. The van der Waals surface area contributed by atoms with Crippen molar-refractivity contribution in [2.24, 2.45) is 0 Å². The van der Waals surface area contributed by atoms with Gasteiger partial charge >= 0.3 is 0 Å². The number of ether oxygens (including phenoxy) is 1. The molecule has 2 aromatic rings. The molecule has 0 heterocycles. The predicted octanol–water partition coefficient (Wildman–Crippen LogP) is 2.01. The first-order valence-corrected chi connectivity index (χ1v) is 11.0. The van der Waals surface area contributed by atoms with Gasteiger partial charge in [0, 0.05) is 20.1 Å². The maximum absolute atomic E-state index is 12.2. The van der Waals surface area contributed by atoms with Gasteiger partial charge in [-0.05, 0) is 29.8 Å². The molecule has 0 radical (unpaired) electrons. The summed E-state index contributed by atoms with van der Waals surface area (Å²) in [4.78, 5) is 24.4. The number of nitrogens with zero attached hydrogens (tertiary/aromatic N) is 1. The topological polar surface area (TPSA) is 105 Å². The quantitative estimate of drug-likeness (QED) is 0.560. The Morgan fingerprint density at radius 3 is 2.43 bits per heavy atom. The third-order valence-corrected chi connectivity index (χ3v) is 5.38. The van der Waals surface area contributed by atoms with Gasteiger partial charge in [0.1, 0.15) is 5.75 Å². The number of hydrogen-bond acceptors (Lipinski definition) is 5. The Labute approximate surface area is 176 Å². The van der Waals surface area contributed by atoms with Crippen LogP contribution in [0, 0.1) is 0 Å². The Kier molecular flexibility index (Phi) is 8.14. The van der Waals surface area contributed by atoms with E-state index in [2.05, 4.69) is 17.2 Å². The molecule has 2 aromatic carbocycles. The van der Waals surface area contributed by atoms with E-state index in [4.69, 9.17) is 4.74 Å². The maximum Gasteiger partial charge on any atom is 0.262 e.